The molecule has 0 aliphatic carbocycles. The number of nitrogens with zero attached hydrogens (tertiary/aromatic N) is 1. The maximum atomic E-state index is 12.9. The molecule has 0 saturated heterocycles. The van der Waals surface area contributed by atoms with Crippen LogP contribution in [0.25, 0.3) is 0 Å². The summed E-state index contributed by atoms with van der Waals surface area (Å²) in [4.78, 5) is 37.5. The second kappa shape index (κ2) is 64.2. The molecule has 2 atom stereocenters. The monoisotopic (exact) mass is 1160 g/mol. The fourth-order valence-corrected chi connectivity index (χ4v) is 9.61. The molecule has 2 unspecified atom stereocenters. The van der Waals surface area contributed by atoms with E-state index in [1.165, 1.54) is 167 Å². The molecule has 0 aliphatic rings. The maximum absolute atomic E-state index is 12.9. The van der Waals surface area contributed by atoms with Gasteiger partial charge in [0.25, 0.3) is 0 Å². The van der Waals surface area contributed by atoms with Crippen LogP contribution in [0.4, 0.5) is 0 Å². The lowest BCUT2D eigenvalue weighted by Gasteiger charge is -2.26. The van der Waals surface area contributed by atoms with Crippen LogP contribution in [-0.4, -0.2) is 82.3 Å². The molecule has 9 heteroatoms. The second-order valence-electron chi connectivity index (χ2n) is 24.1. The summed E-state index contributed by atoms with van der Waals surface area (Å²) in [6, 6.07) is 0. The number of carboxylic acids is 1. The summed E-state index contributed by atoms with van der Waals surface area (Å²) in [6.07, 6.45) is 84.8. The van der Waals surface area contributed by atoms with Crippen molar-refractivity contribution in [2.75, 3.05) is 47.5 Å². The highest BCUT2D eigenvalue weighted by molar-refractivity contribution is 5.70. The van der Waals surface area contributed by atoms with Gasteiger partial charge in [0.2, 0.25) is 0 Å². The van der Waals surface area contributed by atoms with Crippen molar-refractivity contribution in [1.29, 1.82) is 0 Å². The van der Waals surface area contributed by atoms with Gasteiger partial charge in [-0.1, -0.05) is 304 Å². The smallest absolute Gasteiger partial charge is 0.306 e. The van der Waals surface area contributed by atoms with Gasteiger partial charge >= 0.3 is 11.9 Å². The van der Waals surface area contributed by atoms with Crippen molar-refractivity contribution < 1.29 is 42.9 Å². The highest BCUT2D eigenvalue weighted by Crippen LogP contribution is 2.17. The Hall–Kier alpha value is -3.79. The van der Waals surface area contributed by atoms with Crippen LogP contribution in [0.2, 0.25) is 0 Å². The van der Waals surface area contributed by atoms with E-state index in [9.17, 15) is 19.5 Å². The molecular formula is C74H129NO8. The first-order valence-electron chi connectivity index (χ1n) is 34.4. The van der Waals surface area contributed by atoms with E-state index < -0.39 is 24.3 Å². The Labute approximate surface area is 512 Å². The summed E-state index contributed by atoms with van der Waals surface area (Å²) in [6.45, 7) is 4.66. The third-order valence-corrected chi connectivity index (χ3v) is 14.8. The SMILES string of the molecule is CC/C=C\C/C=C\C/C=C\C/C=C\C/C=C\C/C=C\C/C=C\C/C=C\CCCCCCCCCCCCC(=O)OC(COC(=O)CCCCCCCCCCCCCCCCCCCCCCCCC)COC(OCC[N+](C)(C)C)C(=O)[O-]. The van der Waals surface area contributed by atoms with Gasteiger partial charge < -0.3 is 33.3 Å². The number of carboxylic acid groups (broad SMARTS) is 1. The van der Waals surface area contributed by atoms with E-state index in [0.29, 0.717) is 23.9 Å². The lowest BCUT2D eigenvalue weighted by Crippen LogP contribution is -2.44. The van der Waals surface area contributed by atoms with Crippen LogP contribution >= 0.6 is 0 Å². The molecular weight excluding hydrogens is 1030 g/mol. The molecule has 0 radical (unpaired) electrons. The molecule has 0 aromatic rings. The Bertz CT molecular complexity index is 1680. The van der Waals surface area contributed by atoms with Crippen LogP contribution in [0.3, 0.4) is 0 Å². The zero-order valence-electron chi connectivity index (χ0n) is 54.5. The zero-order valence-corrected chi connectivity index (χ0v) is 54.5. The number of carbonyl (C=O) groups excluding carboxylic acids is 3. The maximum Gasteiger partial charge on any atom is 0.306 e. The molecule has 0 amide bonds. The molecule has 0 spiro atoms. The number of quaternary nitrogens is 1. The molecule has 0 N–H and O–H groups in total. The summed E-state index contributed by atoms with van der Waals surface area (Å²) in [5.74, 6) is -2.28. The summed E-state index contributed by atoms with van der Waals surface area (Å²) < 4.78 is 22.8. The molecule has 0 bridgehead atoms. The van der Waals surface area contributed by atoms with E-state index in [0.717, 1.165) is 96.3 Å². The van der Waals surface area contributed by atoms with Crippen molar-refractivity contribution in [1.82, 2.24) is 0 Å². The summed E-state index contributed by atoms with van der Waals surface area (Å²) in [5.41, 5.74) is 0. The molecule has 0 aliphatic heterocycles. The molecule has 9 nitrogen and oxygen atoms in total. The minimum absolute atomic E-state index is 0.145. The molecule has 83 heavy (non-hydrogen) atoms. The number of carbonyl (C=O) groups is 3. The number of allylic oxidation sites excluding steroid dienone is 16. The van der Waals surface area contributed by atoms with Gasteiger partial charge in [-0.2, -0.15) is 0 Å². The summed E-state index contributed by atoms with van der Waals surface area (Å²) >= 11 is 0. The van der Waals surface area contributed by atoms with Crippen LogP contribution in [-0.2, 0) is 33.3 Å². The summed E-state index contributed by atoms with van der Waals surface area (Å²) in [7, 11) is 5.93. The average molecular weight is 1160 g/mol. The highest BCUT2D eigenvalue weighted by Gasteiger charge is 2.22. The number of ether oxygens (including phenoxy) is 4. The number of likely N-dealkylation sites (N-methyl/N-ethyl adjacent to an activating group) is 1. The predicted octanol–water partition coefficient (Wildman–Crippen LogP) is 19.9. The van der Waals surface area contributed by atoms with Crippen LogP contribution in [0.5, 0.6) is 0 Å². The molecule has 0 saturated carbocycles. The van der Waals surface area contributed by atoms with Gasteiger partial charge in [-0.3, -0.25) is 9.59 Å². The van der Waals surface area contributed by atoms with Crippen molar-refractivity contribution in [2.24, 2.45) is 0 Å². The topological polar surface area (TPSA) is 111 Å². The van der Waals surface area contributed by atoms with Crippen molar-refractivity contribution in [3.8, 4) is 0 Å². The van der Waals surface area contributed by atoms with Crippen LogP contribution < -0.4 is 5.11 Å². The Morgan fingerprint density at radius 3 is 1.02 bits per heavy atom. The normalized spacial score (nSPS) is 13.3. The number of hydrogen-bond donors (Lipinski definition) is 0. The van der Waals surface area contributed by atoms with Crippen molar-refractivity contribution in [2.45, 2.75) is 309 Å². The van der Waals surface area contributed by atoms with Crippen LogP contribution in [0, 0.1) is 0 Å². The fourth-order valence-electron chi connectivity index (χ4n) is 9.61. The zero-order chi connectivity index (χ0) is 60.5. The first-order chi connectivity index (χ1) is 40.6. The van der Waals surface area contributed by atoms with Crippen LogP contribution in [0.15, 0.2) is 97.2 Å². The van der Waals surface area contributed by atoms with E-state index in [-0.39, 0.29) is 32.2 Å². The average Bonchev–Trinajstić information content (AvgIpc) is 3.46. The number of rotatable bonds is 63. The summed E-state index contributed by atoms with van der Waals surface area (Å²) in [5, 5.41) is 11.8. The van der Waals surface area contributed by atoms with Gasteiger partial charge in [-0.05, 0) is 77.0 Å². The number of esters is 2. The van der Waals surface area contributed by atoms with E-state index >= 15 is 0 Å². The Balaban J connectivity index is 4.15. The minimum atomic E-state index is -1.63. The van der Waals surface area contributed by atoms with E-state index in [1.54, 1.807) is 0 Å². The van der Waals surface area contributed by atoms with E-state index in [2.05, 4.69) is 111 Å². The number of aliphatic carboxylic acids is 1. The van der Waals surface area contributed by atoms with Crippen molar-refractivity contribution in [3.05, 3.63) is 97.2 Å². The van der Waals surface area contributed by atoms with E-state index in [1.807, 2.05) is 21.1 Å². The standard InChI is InChI=1S/C74H129NO8/c1-6-8-10-12-14-16-18-20-22-24-26-28-30-31-32-33-34-35-36-37-38-39-40-41-43-45-47-49-51-53-55-57-59-61-63-65-72(77)83-70(69-82-74(73(78)79)80-67-66-75(3,4)5)68-81-71(76)64-62-60-58-56-54-52-50-48-46-44-42-29-27-25-23-21-19-17-15-13-11-9-7-2/h8,10,14,16,20,22,26,28,31-32,34-35,37-38,40-41,70,74H,6-7,9,11-13,15,17-19,21,23-25,27,29-30,33,36,39,42-69H2,1-5H3/b10-8-,16-14-,22-20-,28-26-,32-31-,35-34-,38-37-,41-40-. The van der Waals surface area contributed by atoms with Gasteiger partial charge in [0.05, 0.1) is 40.3 Å². The van der Waals surface area contributed by atoms with Gasteiger partial charge in [-0.25, -0.2) is 0 Å². The van der Waals surface area contributed by atoms with Gasteiger partial charge in [-0.15, -0.1) is 0 Å². The minimum Gasteiger partial charge on any atom is -0.545 e. The largest absolute Gasteiger partial charge is 0.545 e. The van der Waals surface area contributed by atoms with Crippen molar-refractivity contribution in [3.63, 3.8) is 0 Å². The molecule has 0 heterocycles. The Kier molecular flexibility index (Phi) is 61.3. The lowest BCUT2D eigenvalue weighted by atomic mass is 10.0. The van der Waals surface area contributed by atoms with Gasteiger partial charge in [0.15, 0.2) is 12.4 Å². The molecule has 0 rings (SSSR count). The highest BCUT2D eigenvalue weighted by atomic mass is 16.7. The van der Waals surface area contributed by atoms with E-state index in [4.69, 9.17) is 18.9 Å². The second-order valence-corrected chi connectivity index (χ2v) is 24.1. The Morgan fingerprint density at radius 1 is 0.373 bits per heavy atom. The van der Waals surface area contributed by atoms with Gasteiger partial charge in [0, 0.05) is 12.8 Å². The first-order valence-corrected chi connectivity index (χ1v) is 34.4. The van der Waals surface area contributed by atoms with Crippen molar-refractivity contribution >= 4 is 17.9 Å². The number of hydrogen-bond acceptors (Lipinski definition) is 8. The third kappa shape index (κ3) is 65.6. The van der Waals surface area contributed by atoms with Crippen LogP contribution in [0.1, 0.15) is 296 Å². The number of unbranched alkanes of at least 4 members (excludes halogenated alkanes) is 32. The predicted molar refractivity (Wildman–Crippen MR) is 352 cm³/mol. The first kappa shape index (κ1) is 79.2. The quantitative estimate of drug-likeness (QED) is 0.0195. The molecule has 0 aromatic heterocycles. The Morgan fingerprint density at radius 2 is 0.687 bits per heavy atom. The third-order valence-electron chi connectivity index (χ3n) is 14.8. The molecule has 0 fully saturated rings. The fraction of sp³-hybridized carbons (Fsp3) is 0.743. The lowest BCUT2D eigenvalue weighted by molar-refractivity contribution is -0.870. The van der Waals surface area contributed by atoms with Gasteiger partial charge in [0.1, 0.15) is 13.2 Å². The molecule has 0 aromatic carbocycles. The molecule has 478 valence electrons.